The number of rotatable bonds is 2. The van der Waals surface area contributed by atoms with Gasteiger partial charge in [-0.3, -0.25) is 10.2 Å². The molecule has 1 amide bonds. The smallest absolute Gasteiger partial charge is 0.411 e. The minimum absolute atomic E-state index is 0.0308. The molecule has 20 heavy (non-hydrogen) atoms. The zero-order chi connectivity index (χ0) is 14.1. The highest BCUT2D eigenvalue weighted by Gasteiger charge is 2.36. The number of fused-ring (bicyclic) bond motifs is 3. The van der Waals surface area contributed by atoms with Crippen molar-refractivity contribution in [2.45, 2.75) is 18.9 Å². The highest BCUT2D eigenvalue weighted by atomic mass is 79.9. The van der Waals surface area contributed by atoms with Gasteiger partial charge in [-0.05, 0) is 66.0 Å². The van der Waals surface area contributed by atoms with E-state index in [2.05, 4.69) is 26.1 Å². The number of ether oxygens (including phenoxy) is 1. The Bertz CT molecular complexity index is 518. The van der Waals surface area contributed by atoms with Gasteiger partial charge in [0.25, 0.3) is 0 Å². The largest absolute Gasteiger partial charge is 0.444 e. The fraction of sp³-hybridized carbons (Fsp3) is 0.500. The molecule has 0 aliphatic carbocycles. The minimum Gasteiger partial charge on any atom is -0.444 e. The molecular weight excluding hydrogens is 327 g/mol. The number of hydrogen-bond acceptors (Lipinski definition) is 3. The van der Waals surface area contributed by atoms with E-state index in [1.54, 1.807) is 0 Å². The number of hydrogen-bond donors (Lipinski definition) is 1. The maximum Gasteiger partial charge on any atom is 0.411 e. The third-order valence-corrected chi connectivity index (χ3v) is 4.68. The number of amides is 1. The van der Waals surface area contributed by atoms with E-state index >= 15 is 0 Å². The Morgan fingerprint density at radius 1 is 1.40 bits per heavy atom. The van der Waals surface area contributed by atoms with Gasteiger partial charge in [0.15, 0.2) is 0 Å². The quantitative estimate of drug-likeness (QED) is 0.897. The van der Waals surface area contributed by atoms with Gasteiger partial charge in [-0.25, -0.2) is 9.18 Å². The molecule has 3 aliphatic heterocycles. The second-order valence-corrected chi connectivity index (χ2v) is 6.19. The van der Waals surface area contributed by atoms with Crippen molar-refractivity contribution in [3.63, 3.8) is 0 Å². The summed E-state index contributed by atoms with van der Waals surface area (Å²) in [6.45, 7) is 3.04. The lowest BCUT2D eigenvalue weighted by Crippen LogP contribution is -2.52. The molecule has 1 aromatic carbocycles. The first-order valence-corrected chi connectivity index (χ1v) is 7.56. The van der Waals surface area contributed by atoms with Crippen molar-refractivity contribution in [2.24, 2.45) is 5.92 Å². The number of carbonyl (C=O) groups is 1. The molecule has 3 aliphatic rings. The Morgan fingerprint density at radius 3 is 2.75 bits per heavy atom. The third-order valence-electron chi connectivity index (χ3n) is 4.02. The van der Waals surface area contributed by atoms with Crippen LogP contribution in [-0.2, 0) is 4.74 Å². The Morgan fingerprint density at radius 2 is 2.15 bits per heavy atom. The van der Waals surface area contributed by atoms with Crippen LogP contribution in [0.3, 0.4) is 0 Å². The van der Waals surface area contributed by atoms with Gasteiger partial charge in [0, 0.05) is 11.0 Å². The first-order chi connectivity index (χ1) is 9.61. The van der Waals surface area contributed by atoms with Crippen LogP contribution in [0.4, 0.5) is 14.9 Å². The fourth-order valence-corrected chi connectivity index (χ4v) is 3.36. The Labute approximate surface area is 125 Å². The second kappa shape index (κ2) is 5.69. The highest BCUT2D eigenvalue weighted by molar-refractivity contribution is 9.10. The number of carbonyl (C=O) groups excluding carboxylic acids is 1. The van der Waals surface area contributed by atoms with E-state index in [0.717, 1.165) is 32.5 Å². The summed E-state index contributed by atoms with van der Waals surface area (Å²) in [4.78, 5) is 14.3. The van der Waals surface area contributed by atoms with Gasteiger partial charge < -0.3 is 4.74 Å². The monoisotopic (exact) mass is 342 g/mol. The molecule has 0 saturated carbocycles. The summed E-state index contributed by atoms with van der Waals surface area (Å²) in [5.41, 5.74) is 0.512. The maximum atomic E-state index is 13.0. The summed E-state index contributed by atoms with van der Waals surface area (Å²) in [5, 5.41) is 2.65. The van der Waals surface area contributed by atoms with Crippen molar-refractivity contribution >= 4 is 27.7 Å². The van der Waals surface area contributed by atoms with Gasteiger partial charge in [-0.2, -0.15) is 0 Å². The zero-order valence-corrected chi connectivity index (χ0v) is 12.5. The normalized spacial score (nSPS) is 28.2. The summed E-state index contributed by atoms with van der Waals surface area (Å²) in [6, 6.07) is 4.12. The van der Waals surface area contributed by atoms with Gasteiger partial charge in [-0.1, -0.05) is 0 Å². The second-order valence-electron chi connectivity index (χ2n) is 5.33. The van der Waals surface area contributed by atoms with Crippen molar-refractivity contribution in [3.8, 4) is 0 Å². The molecule has 2 bridgehead atoms. The molecule has 0 spiro atoms. The van der Waals surface area contributed by atoms with E-state index in [0.29, 0.717) is 16.1 Å². The van der Waals surface area contributed by atoms with Gasteiger partial charge in [0.05, 0.1) is 5.69 Å². The van der Waals surface area contributed by atoms with Crippen LogP contribution in [0.15, 0.2) is 22.7 Å². The molecular formula is C14H16BrFN2O2. The van der Waals surface area contributed by atoms with Crippen LogP contribution < -0.4 is 5.32 Å². The average molecular weight is 343 g/mol. The van der Waals surface area contributed by atoms with Crippen LogP contribution in [0.2, 0.25) is 0 Å². The lowest BCUT2D eigenvalue weighted by molar-refractivity contribution is -0.0289. The molecule has 3 saturated heterocycles. The van der Waals surface area contributed by atoms with Crippen LogP contribution >= 0.6 is 15.9 Å². The number of nitrogens with one attached hydrogen (secondary N) is 1. The van der Waals surface area contributed by atoms with Crippen LogP contribution in [-0.4, -0.2) is 36.7 Å². The first kappa shape index (κ1) is 13.8. The lowest BCUT2D eigenvalue weighted by atomic mass is 9.86. The van der Waals surface area contributed by atoms with Crippen molar-refractivity contribution < 1.29 is 13.9 Å². The van der Waals surface area contributed by atoms with Crippen molar-refractivity contribution in [3.05, 3.63) is 28.5 Å². The molecule has 4 nitrogen and oxygen atoms in total. The zero-order valence-electron chi connectivity index (χ0n) is 10.9. The van der Waals surface area contributed by atoms with Gasteiger partial charge in [0.1, 0.15) is 11.9 Å². The number of halogens is 2. The molecule has 4 rings (SSSR count). The summed E-state index contributed by atoms with van der Waals surface area (Å²) in [6.07, 6.45) is 1.68. The first-order valence-electron chi connectivity index (χ1n) is 6.77. The minimum atomic E-state index is -0.476. The Balaban J connectivity index is 1.59. The summed E-state index contributed by atoms with van der Waals surface area (Å²) >= 11 is 3.21. The Hall–Kier alpha value is -1.14. The highest BCUT2D eigenvalue weighted by Crippen LogP contribution is 2.30. The molecule has 0 unspecified atom stereocenters. The average Bonchev–Trinajstić information content (AvgIpc) is 2.43. The summed E-state index contributed by atoms with van der Waals surface area (Å²) in [5.74, 6) is 0.121. The van der Waals surface area contributed by atoms with E-state index in [1.165, 1.54) is 18.2 Å². The molecule has 108 valence electrons. The molecule has 3 heterocycles. The lowest BCUT2D eigenvalue weighted by Gasteiger charge is -2.43. The number of anilines is 1. The fourth-order valence-electron chi connectivity index (χ4n) is 2.91. The molecule has 1 aromatic rings. The topological polar surface area (TPSA) is 41.6 Å². The van der Waals surface area contributed by atoms with Crippen molar-refractivity contribution in [1.82, 2.24) is 4.90 Å². The third kappa shape index (κ3) is 2.96. The van der Waals surface area contributed by atoms with Gasteiger partial charge >= 0.3 is 6.09 Å². The molecule has 0 aromatic heterocycles. The van der Waals surface area contributed by atoms with Gasteiger partial charge in [-0.15, -0.1) is 0 Å². The van der Waals surface area contributed by atoms with E-state index in [4.69, 9.17) is 4.74 Å². The van der Waals surface area contributed by atoms with Crippen LogP contribution in [0.1, 0.15) is 12.8 Å². The number of piperidine rings is 3. The van der Waals surface area contributed by atoms with E-state index in [-0.39, 0.29) is 11.9 Å². The van der Waals surface area contributed by atoms with E-state index in [1.807, 2.05) is 0 Å². The Kier molecular flexibility index (Phi) is 3.94. The van der Waals surface area contributed by atoms with Gasteiger partial charge in [0.2, 0.25) is 0 Å². The number of nitrogens with zero attached hydrogens (tertiary/aromatic N) is 1. The predicted octanol–water partition coefficient (Wildman–Crippen LogP) is 3.23. The van der Waals surface area contributed by atoms with E-state index in [9.17, 15) is 9.18 Å². The molecule has 6 heteroatoms. The van der Waals surface area contributed by atoms with Crippen LogP contribution in [0.5, 0.6) is 0 Å². The predicted molar refractivity (Wildman–Crippen MR) is 77.2 cm³/mol. The molecule has 0 radical (unpaired) electrons. The summed E-state index contributed by atoms with van der Waals surface area (Å²) < 4.78 is 19.0. The van der Waals surface area contributed by atoms with Crippen LogP contribution in [0.25, 0.3) is 0 Å². The summed E-state index contributed by atoms with van der Waals surface area (Å²) in [7, 11) is 0. The maximum absolute atomic E-state index is 13.0. The number of benzene rings is 1. The van der Waals surface area contributed by atoms with Crippen LogP contribution in [0, 0.1) is 11.7 Å². The molecule has 1 atom stereocenters. The molecule has 1 N–H and O–H groups in total. The van der Waals surface area contributed by atoms with Crippen molar-refractivity contribution in [1.29, 1.82) is 0 Å². The van der Waals surface area contributed by atoms with Crippen molar-refractivity contribution in [2.75, 3.05) is 25.0 Å². The standard InChI is InChI=1S/C14H16BrFN2O2/c15-11-7-10(16)1-2-12(11)17-14(19)20-13-8-18-5-3-9(13)4-6-18/h1-2,7,9,13H,3-6,8H2,(H,17,19)/t13-/m0/s1. The SMILES string of the molecule is O=C(Nc1ccc(F)cc1Br)O[C@H]1CN2CCC1CC2. The molecule has 3 fully saturated rings. The van der Waals surface area contributed by atoms with E-state index < -0.39 is 6.09 Å².